The number of nitrogens with zero attached hydrogens (tertiary/aromatic N) is 2. The fraction of sp³-hybridized carbons (Fsp3) is 0.667. The first kappa shape index (κ1) is 19.4. The highest BCUT2D eigenvalue weighted by Gasteiger charge is 2.40. The first-order valence-electron chi connectivity index (χ1n) is 8.23. The standard InChI is InChI=1S/C15H21N3O3S3.ClH/c19-15(17-9-11-7-16-8-12(11)10-17)14-13(1-4-23-14)24(20,21)18-2-5-22-6-3-18;/h1,4,11-12,16H,2-3,5-10H2;1H/t11-,12+;. The van der Waals surface area contributed by atoms with Crippen molar-refractivity contribution >= 4 is 51.4 Å². The molecule has 1 aromatic heterocycles. The van der Waals surface area contributed by atoms with Crippen LogP contribution in [-0.4, -0.2) is 74.3 Å². The van der Waals surface area contributed by atoms with Crippen molar-refractivity contribution in [3.63, 3.8) is 0 Å². The monoisotopic (exact) mass is 423 g/mol. The van der Waals surface area contributed by atoms with Crippen molar-refractivity contribution in [2.45, 2.75) is 4.90 Å². The molecule has 10 heteroatoms. The zero-order chi connectivity index (χ0) is 16.7. The van der Waals surface area contributed by atoms with E-state index in [2.05, 4.69) is 5.32 Å². The number of rotatable bonds is 3. The maximum Gasteiger partial charge on any atom is 0.265 e. The summed E-state index contributed by atoms with van der Waals surface area (Å²) in [5, 5.41) is 5.08. The zero-order valence-corrected chi connectivity index (χ0v) is 17.0. The topological polar surface area (TPSA) is 69.7 Å². The molecule has 3 fully saturated rings. The highest BCUT2D eigenvalue weighted by Crippen LogP contribution is 2.32. The molecule has 25 heavy (non-hydrogen) atoms. The van der Waals surface area contributed by atoms with E-state index >= 15 is 0 Å². The number of carbonyl (C=O) groups excluding carboxylic acids is 1. The van der Waals surface area contributed by atoms with Crippen LogP contribution >= 0.6 is 35.5 Å². The van der Waals surface area contributed by atoms with Crippen molar-refractivity contribution < 1.29 is 13.2 Å². The minimum Gasteiger partial charge on any atom is -0.337 e. The fourth-order valence-electron chi connectivity index (χ4n) is 3.75. The fourth-order valence-corrected chi connectivity index (χ4v) is 7.69. The number of thioether (sulfide) groups is 1. The van der Waals surface area contributed by atoms with Crippen LogP contribution in [0.15, 0.2) is 16.3 Å². The summed E-state index contributed by atoms with van der Waals surface area (Å²) in [6, 6.07) is 1.59. The van der Waals surface area contributed by atoms with Crippen LogP contribution in [0.2, 0.25) is 0 Å². The number of thiophene rings is 1. The van der Waals surface area contributed by atoms with Gasteiger partial charge in [0.25, 0.3) is 5.91 Å². The van der Waals surface area contributed by atoms with Gasteiger partial charge in [-0.1, -0.05) is 0 Å². The van der Waals surface area contributed by atoms with Crippen molar-refractivity contribution in [1.29, 1.82) is 0 Å². The molecule has 0 radical (unpaired) electrons. The van der Waals surface area contributed by atoms with E-state index in [0.717, 1.165) is 37.7 Å². The van der Waals surface area contributed by atoms with Gasteiger partial charge in [-0.2, -0.15) is 16.1 Å². The van der Waals surface area contributed by atoms with Gasteiger partial charge >= 0.3 is 0 Å². The third-order valence-corrected chi connectivity index (χ3v) is 9.00. The van der Waals surface area contributed by atoms with E-state index in [9.17, 15) is 13.2 Å². The molecule has 0 aliphatic carbocycles. The van der Waals surface area contributed by atoms with Gasteiger partial charge in [-0.25, -0.2) is 8.42 Å². The second kappa shape index (κ2) is 7.74. The average molecular weight is 424 g/mol. The molecule has 0 unspecified atom stereocenters. The molecule has 1 N–H and O–H groups in total. The molecule has 4 heterocycles. The number of halogens is 1. The minimum absolute atomic E-state index is 0. The van der Waals surface area contributed by atoms with Crippen LogP contribution in [0.1, 0.15) is 9.67 Å². The second-order valence-corrected chi connectivity index (χ2v) is 10.6. The van der Waals surface area contributed by atoms with Gasteiger partial charge < -0.3 is 10.2 Å². The highest BCUT2D eigenvalue weighted by molar-refractivity contribution is 7.99. The van der Waals surface area contributed by atoms with Crippen LogP contribution in [0.4, 0.5) is 0 Å². The van der Waals surface area contributed by atoms with E-state index < -0.39 is 10.0 Å². The Morgan fingerprint density at radius 3 is 2.44 bits per heavy atom. The molecule has 0 saturated carbocycles. The molecule has 140 valence electrons. The van der Waals surface area contributed by atoms with Crippen molar-refractivity contribution in [3.8, 4) is 0 Å². The third kappa shape index (κ3) is 3.59. The van der Waals surface area contributed by atoms with Crippen LogP contribution in [0.25, 0.3) is 0 Å². The minimum atomic E-state index is -3.57. The van der Waals surface area contributed by atoms with Gasteiger partial charge in [0.05, 0.1) is 0 Å². The molecular weight excluding hydrogens is 402 g/mol. The van der Waals surface area contributed by atoms with Crippen LogP contribution < -0.4 is 5.32 Å². The molecule has 0 aromatic carbocycles. The van der Waals surface area contributed by atoms with Gasteiger partial charge in [0.1, 0.15) is 9.77 Å². The molecule has 2 atom stereocenters. The van der Waals surface area contributed by atoms with Gasteiger partial charge in [0, 0.05) is 50.8 Å². The van der Waals surface area contributed by atoms with Crippen LogP contribution in [0.3, 0.4) is 0 Å². The summed E-state index contributed by atoms with van der Waals surface area (Å²) in [6.07, 6.45) is 0. The second-order valence-electron chi connectivity index (χ2n) is 6.52. The first-order chi connectivity index (χ1) is 11.6. The number of hydrogen-bond acceptors (Lipinski definition) is 6. The zero-order valence-electron chi connectivity index (χ0n) is 13.7. The lowest BCUT2D eigenvalue weighted by Crippen LogP contribution is -2.39. The lowest BCUT2D eigenvalue weighted by molar-refractivity contribution is 0.0783. The maximum absolute atomic E-state index is 12.9. The summed E-state index contributed by atoms with van der Waals surface area (Å²) in [5.74, 6) is 2.52. The maximum atomic E-state index is 12.9. The summed E-state index contributed by atoms with van der Waals surface area (Å²) in [4.78, 5) is 15.3. The van der Waals surface area contributed by atoms with Crippen molar-refractivity contribution in [2.24, 2.45) is 11.8 Å². The largest absolute Gasteiger partial charge is 0.337 e. The Labute approximate surface area is 162 Å². The summed E-state index contributed by atoms with van der Waals surface area (Å²) in [7, 11) is -3.57. The molecule has 3 aliphatic heterocycles. The van der Waals surface area contributed by atoms with Crippen molar-refractivity contribution in [1.82, 2.24) is 14.5 Å². The van der Waals surface area contributed by atoms with E-state index in [1.54, 1.807) is 23.2 Å². The van der Waals surface area contributed by atoms with Crippen molar-refractivity contribution in [2.75, 3.05) is 50.8 Å². The lowest BCUT2D eigenvalue weighted by atomic mass is 10.0. The molecule has 4 rings (SSSR count). The Balaban J connectivity index is 0.00000182. The van der Waals surface area contributed by atoms with E-state index in [1.165, 1.54) is 15.6 Å². The molecule has 3 aliphatic rings. The number of carbonyl (C=O) groups is 1. The molecule has 1 amide bonds. The summed E-state index contributed by atoms with van der Waals surface area (Å²) in [6.45, 7) is 4.42. The van der Waals surface area contributed by atoms with Gasteiger partial charge in [-0.05, 0) is 23.3 Å². The van der Waals surface area contributed by atoms with E-state index in [4.69, 9.17) is 0 Å². The Bertz CT molecular complexity index is 721. The quantitative estimate of drug-likeness (QED) is 0.791. The number of fused-ring (bicyclic) bond motifs is 1. The average Bonchev–Trinajstić information content (AvgIpc) is 3.30. The van der Waals surface area contributed by atoms with Gasteiger partial charge in [0.2, 0.25) is 10.0 Å². The molecule has 0 bridgehead atoms. The molecule has 6 nitrogen and oxygen atoms in total. The molecule has 1 aromatic rings. The van der Waals surface area contributed by atoms with Crippen LogP contribution in [0, 0.1) is 11.8 Å². The summed E-state index contributed by atoms with van der Waals surface area (Å²) >= 11 is 3.01. The smallest absolute Gasteiger partial charge is 0.265 e. The number of amides is 1. The van der Waals surface area contributed by atoms with E-state index in [-0.39, 0.29) is 23.2 Å². The number of hydrogen-bond donors (Lipinski definition) is 1. The van der Waals surface area contributed by atoms with E-state index in [1.807, 2.05) is 4.90 Å². The SMILES string of the molecule is Cl.O=C(c1sccc1S(=O)(=O)N1CCSCC1)N1C[C@H]2CNC[C@H]2C1. The van der Waals surface area contributed by atoms with Gasteiger partial charge in [-0.3, -0.25) is 4.79 Å². The number of sulfonamides is 1. The predicted octanol–water partition coefficient (Wildman–Crippen LogP) is 1.20. The normalized spacial score (nSPS) is 27.1. The van der Waals surface area contributed by atoms with Gasteiger partial charge in [0.15, 0.2) is 0 Å². The Morgan fingerprint density at radius 1 is 1.16 bits per heavy atom. The Hall–Kier alpha value is -0.320. The molecular formula is C15H22ClN3O3S3. The first-order valence-corrected chi connectivity index (χ1v) is 11.7. The lowest BCUT2D eigenvalue weighted by Gasteiger charge is -2.26. The highest BCUT2D eigenvalue weighted by atomic mass is 35.5. The Morgan fingerprint density at radius 2 is 1.80 bits per heavy atom. The van der Waals surface area contributed by atoms with Crippen molar-refractivity contribution in [3.05, 3.63) is 16.3 Å². The third-order valence-electron chi connectivity index (χ3n) is 5.09. The molecule has 0 spiro atoms. The summed E-state index contributed by atoms with van der Waals surface area (Å²) < 4.78 is 27.4. The van der Waals surface area contributed by atoms with Crippen LogP contribution in [-0.2, 0) is 10.0 Å². The number of likely N-dealkylation sites (tertiary alicyclic amines) is 1. The van der Waals surface area contributed by atoms with E-state index in [0.29, 0.717) is 29.8 Å². The molecule has 3 saturated heterocycles. The van der Waals surface area contributed by atoms with Crippen LogP contribution in [0.5, 0.6) is 0 Å². The Kier molecular flexibility index (Phi) is 6.02. The summed E-state index contributed by atoms with van der Waals surface area (Å²) in [5.41, 5.74) is 0. The van der Waals surface area contributed by atoms with Gasteiger partial charge in [-0.15, -0.1) is 23.7 Å². The predicted molar refractivity (Wildman–Crippen MR) is 103 cm³/mol. The number of nitrogens with one attached hydrogen (secondary N) is 1.